The highest BCUT2D eigenvalue weighted by Crippen LogP contribution is 2.12. The van der Waals surface area contributed by atoms with Crippen LogP contribution >= 0.6 is 0 Å². The standard InChI is InChI=1S/C16H32O3.C3H8O2/c1-2-3-4-5-6-7-8-9-10-11-12-13-14-15-16(17)19-18;1-3(5)2-4/h18H,2-15H2,1H3;3-5H,2H2,1H3. The summed E-state index contributed by atoms with van der Waals surface area (Å²) in [6.45, 7) is 3.65. The fourth-order valence-corrected chi connectivity index (χ4v) is 2.33. The molecule has 0 rings (SSSR count). The minimum atomic E-state index is -0.560. The molecule has 24 heavy (non-hydrogen) atoms. The molecule has 0 aliphatic rings. The Hall–Kier alpha value is -0.650. The lowest BCUT2D eigenvalue weighted by Crippen LogP contribution is -2.03. The average molecular weight is 349 g/mol. The summed E-state index contributed by atoms with van der Waals surface area (Å²) in [5.74, 6) is -0.511. The largest absolute Gasteiger partial charge is 0.394 e. The van der Waals surface area contributed by atoms with Crippen molar-refractivity contribution in [2.75, 3.05) is 6.61 Å². The fraction of sp³-hybridized carbons (Fsp3) is 0.947. The number of unbranched alkanes of at least 4 members (excludes halogenated alkanes) is 12. The zero-order valence-electron chi connectivity index (χ0n) is 15.8. The van der Waals surface area contributed by atoms with Gasteiger partial charge in [0, 0.05) is 6.42 Å². The second kappa shape index (κ2) is 22.4. The second-order valence-electron chi connectivity index (χ2n) is 6.49. The van der Waals surface area contributed by atoms with Crippen LogP contribution in [0.4, 0.5) is 0 Å². The average Bonchev–Trinajstić information content (AvgIpc) is 2.59. The minimum absolute atomic E-state index is 0.139. The maximum atomic E-state index is 10.6. The zero-order chi connectivity index (χ0) is 18.5. The number of carbonyl (C=O) groups excluding carboxylic acids is 1. The lowest BCUT2D eigenvalue weighted by molar-refractivity contribution is -0.234. The quantitative estimate of drug-likeness (QED) is 0.224. The molecule has 0 aliphatic carbocycles. The minimum Gasteiger partial charge on any atom is -0.394 e. The van der Waals surface area contributed by atoms with Crippen LogP contribution in [-0.2, 0) is 9.68 Å². The van der Waals surface area contributed by atoms with Gasteiger partial charge in [-0.15, -0.1) is 0 Å². The molecule has 1 unspecified atom stereocenters. The maximum Gasteiger partial charge on any atom is 0.342 e. The molecule has 0 radical (unpaired) electrons. The SMILES string of the molecule is CC(O)CO.CCCCCCCCCCCCCCCC(=O)OO. The van der Waals surface area contributed by atoms with Crippen molar-refractivity contribution in [3.63, 3.8) is 0 Å². The van der Waals surface area contributed by atoms with E-state index in [1.54, 1.807) is 0 Å². The Kier molecular flexibility index (Phi) is 23.8. The van der Waals surface area contributed by atoms with E-state index in [1.807, 2.05) is 0 Å². The third kappa shape index (κ3) is 26.3. The van der Waals surface area contributed by atoms with E-state index in [9.17, 15) is 4.79 Å². The van der Waals surface area contributed by atoms with Gasteiger partial charge in [-0.1, -0.05) is 84.0 Å². The van der Waals surface area contributed by atoms with Gasteiger partial charge in [0.2, 0.25) is 0 Å². The van der Waals surface area contributed by atoms with Gasteiger partial charge in [-0.2, -0.15) is 5.26 Å². The predicted molar refractivity (Wildman–Crippen MR) is 97.8 cm³/mol. The van der Waals surface area contributed by atoms with Crippen molar-refractivity contribution in [3.05, 3.63) is 0 Å². The number of rotatable bonds is 15. The number of aliphatic hydroxyl groups excluding tert-OH is 2. The zero-order valence-corrected chi connectivity index (χ0v) is 15.8. The van der Waals surface area contributed by atoms with Gasteiger partial charge in [-0.05, 0) is 13.3 Å². The predicted octanol–water partition coefficient (Wildman–Crippen LogP) is 4.84. The molecule has 0 saturated heterocycles. The molecule has 0 amide bonds. The third-order valence-electron chi connectivity index (χ3n) is 3.85. The van der Waals surface area contributed by atoms with Crippen molar-refractivity contribution in [3.8, 4) is 0 Å². The first-order valence-corrected chi connectivity index (χ1v) is 9.71. The van der Waals surface area contributed by atoms with Gasteiger partial charge < -0.3 is 15.1 Å². The Bertz CT molecular complexity index is 244. The van der Waals surface area contributed by atoms with Crippen LogP contribution in [0.5, 0.6) is 0 Å². The van der Waals surface area contributed by atoms with Crippen LogP contribution in [0.15, 0.2) is 0 Å². The van der Waals surface area contributed by atoms with E-state index in [0.29, 0.717) is 6.42 Å². The summed E-state index contributed by atoms with van der Waals surface area (Å²) in [5.41, 5.74) is 0. The summed E-state index contributed by atoms with van der Waals surface area (Å²) in [6, 6.07) is 0. The fourth-order valence-electron chi connectivity index (χ4n) is 2.33. The van der Waals surface area contributed by atoms with E-state index in [0.717, 1.165) is 12.8 Å². The van der Waals surface area contributed by atoms with Crippen molar-refractivity contribution in [1.82, 2.24) is 0 Å². The summed E-state index contributed by atoms with van der Waals surface area (Å²) in [4.78, 5) is 14.3. The van der Waals surface area contributed by atoms with Crippen LogP contribution in [0.1, 0.15) is 104 Å². The molecule has 0 aliphatic heterocycles. The van der Waals surface area contributed by atoms with E-state index >= 15 is 0 Å². The normalized spacial score (nSPS) is 11.5. The van der Waals surface area contributed by atoms with Crippen molar-refractivity contribution in [2.45, 2.75) is 110 Å². The van der Waals surface area contributed by atoms with E-state index in [2.05, 4.69) is 11.8 Å². The topological polar surface area (TPSA) is 87.0 Å². The summed E-state index contributed by atoms with van der Waals surface area (Å²) in [7, 11) is 0. The summed E-state index contributed by atoms with van der Waals surface area (Å²) in [5, 5.41) is 24.1. The first-order chi connectivity index (χ1) is 11.6. The molecule has 0 saturated carbocycles. The molecule has 0 aromatic rings. The molecule has 3 N–H and O–H groups in total. The van der Waals surface area contributed by atoms with Crippen molar-refractivity contribution in [1.29, 1.82) is 0 Å². The van der Waals surface area contributed by atoms with E-state index in [1.165, 1.54) is 77.6 Å². The Morgan fingerprint density at radius 2 is 1.17 bits per heavy atom. The first-order valence-electron chi connectivity index (χ1n) is 9.71. The molecular formula is C19H40O5. The van der Waals surface area contributed by atoms with Crippen LogP contribution in [-0.4, -0.2) is 34.2 Å². The molecule has 5 nitrogen and oxygen atoms in total. The van der Waals surface area contributed by atoms with Gasteiger partial charge in [-0.25, -0.2) is 4.79 Å². The first kappa shape index (κ1) is 25.6. The molecule has 5 heteroatoms. The summed E-state index contributed by atoms with van der Waals surface area (Å²) >= 11 is 0. The number of hydrogen-bond acceptors (Lipinski definition) is 5. The molecule has 0 spiro atoms. The molecule has 0 bridgehead atoms. The second-order valence-corrected chi connectivity index (χ2v) is 6.49. The van der Waals surface area contributed by atoms with E-state index in [-0.39, 0.29) is 6.61 Å². The van der Waals surface area contributed by atoms with E-state index < -0.39 is 12.1 Å². The monoisotopic (exact) mass is 348 g/mol. The molecule has 0 fully saturated rings. The molecular weight excluding hydrogens is 308 g/mol. The maximum absolute atomic E-state index is 10.6. The van der Waals surface area contributed by atoms with Crippen molar-refractivity contribution in [2.24, 2.45) is 0 Å². The van der Waals surface area contributed by atoms with Gasteiger partial charge in [0.05, 0.1) is 12.7 Å². The van der Waals surface area contributed by atoms with Gasteiger partial charge in [0.15, 0.2) is 0 Å². The van der Waals surface area contributed by atoms with Crippen LogP contribution in [0.3, 0.4) is 0 Å². The van der Waals surface area contributed by atoms with Crippen molar-refractivity contribution < 1.29 is 25.2 Å². The van der Waals surface area contributed by atoms with Crippen molar-refractivity contribution >= 4 is 5.97 Å². The molecule has 0 heterocycles. The van der Waals surface area contributed by atoms with Crippen LogP contribution in [0.2, 0.25) is 0 Å². The van der Waals surface area contributed by atoms with Gasteiger partial charge in [0.25, 0.3) is 0 Å². The van der Waals surface area contributed by atoms with Crippen LogP contribution in [0.25, 0.3) is 0 Å². The summed E-state index contributed by atoms with van der Waals surface area (Å²) < 4.78 is 0. The number of aliphatic hydroxyl groups is 2. The van der Waals surface area contributed by atoms with Gasteiger partial charge in [0.1, 0.15) is 0 Å². The molecule has 146 valence electrons. The lowest BCUT2D eigenvalue weighted by atomic mass is 10.0. The Labute approximate surface area is 148 Å². The highest BCUT2D eigenvalue weighted by molar-refractivity contribution is 5.68. The molecule has 0 aromatic heterocycles. The highest BCUT2D eigenvalue weighted by Gasteiger charge is 2.00. The van der Waals surface area contributed by atoms with Gasteiger partial charge in [-0.3, -0.25) is 0 Å². The van der Waals surface area contributed by atoms with Gasteiger partial charge >= 0.3 is 5.97 Å². The Morgan fingerprint density at radius 3 is 1.46 bits per heavy atom. The number of carbonyl (C=O) groups is 1. The Morgan fingerprint density at radius 1 is 0.833 bits per heavy atom. The third-order valence-corrected chi connectivity index (χ3v) is 3.85. The molecule has 0 aromatic carbocycles. The van der Waals surface area contributed by atoms with Crippen LogP contribution in [0, 0.1) is 0 Å². The van der Waals surface area contributed by atoms with Crippen LogP contribution < -0.4 is 0 Å². The van der Waals surface area contributed by atoms with E-state index in [4.69, 9.17) is 15.5 Å². The Balaban J connectivity index is 0. The molecule has 1 atom stereocenters. The lowest BCUT2D eigenvalue weighted by Gasteiger charge is -2.02. The highest BCUT2D eigenvalue weighted by atomic mass is 17.1. The number of hydrogen-bond donors (Lipinski definition) is 3. The summed E-state index contributed by atoms with van der Waals surface area (Å²) in [6.07, 6.45) is 16.5. The smallest absolute Gasteiger partial charge is 0.342 e.